The van der Waals surface area contributed by atoms with E-state index in [1.165, 1.54) is 6.07 Å². The van der Waals surface area contributed by atoms with E-state index in [-0.39, 0.29) is 18.2 Å². The average Bonchev–Trinajstić information content (AvgIpc) is 3.51. The summed E-state index contributed by atoms with van der Waals surface area (Å²) in [5.41, 5.74) is 3.58. The van der Waals surface area contributed by atoms with Crippen LogP contribution in [0.5, 0.6) is 0 Å². The first kappa shape index (κ1) is 22.5. The lowest BCUT2D eigenvalue weighted by Gasteiger charge is -2.22. The van der Waals surface area contributed by atoms with Crippen molar-refractivity contribution in [3.05, 3.63) is 47.8 Å². The quantitative estimate of drug-likeness (QED) is 0.519. The summed E-state index contributed by atoms with van der Waals surface area (Å²) in [5, 5.41) is 13.0. The van der Waals surface area contributed by atoms with Gasteiger partial charge in [-0.25, -0.2) is 19.2 Å². The van der Waals surface area contributed by atoms with Gasteiger partial charge in [0, 0.05) is 61.6 Å². The Balaban J connectivity index is 0.000000821. The largest absolute Gasteiger partial charge is 0.483 e. The van der Waals surface area contributed by atoms with Gasteiger partial charge in [0.2, 0.25) is 0 Å². The molecule has 0 saturated carbocycles. The molecule has 11 heteroatoms. The first-order valence-electron chi connectivity index (χ1n) is 10.7. The SMILES string of the molecule is CN[C@H]1CCN(c2ccnc3c2CCN3C(=O)Nc2cc(F)c3nc(C)cn3c2)C1.O=CO. The van der Waals surface area contributed by atoms with E-state index in [1.807, 2.05) is 13.1 Å². The highest BCUT2D eigenvalue weighted by Crippen LogP contribution is 2.35. The number of pyridine rings is 2. The number of aromatic nitrogens is 3. The number of halogens is 1. The second-order valence-corrected chi connectivity index (χ2v) is 7.98. The lowest BCUT2D eigenvalue weighted by molar-refractivity contribution is -0.122. The van der Waals surface area contributed by atoms with Gasteiger partial charge in [0.25, 0.3) is 6.47 Å². The number of amides is 2. The van der Waals surface area contributed by atoms with Crippen LogP contribution in [0, 0.1) is 12.7 Å². The zero-order chi connectivity index (χ0) is 23.5. The molecular weight excluding hydrogens is 429 g/mol. The molecule has 2 aliphatic rings. The van der Waals surface area contributed by atoms with Gasteiger partial charge >= 0.3 is 6.03 Å². The van der Waals surface area contributed by atoms with E-state index in [0.29, 0.717) is 29.8 Å². The van der Waals surface area contributed by atoms with E-state index in [2.05, 4.69) is 25.5 Å². The van der Waals surface area contributed by atoms with Crippen molar-refractivity contribution < 1.29 is 19.1 Å². The summed E-state index contributed by atoms with van der Waals surface area (Å²) >= 11 is 0. The molecule has 5 heterocycles. The van der Waals surface area contributed by atoms with Crippen LogP contribution in [0.4, 0.5) is 26.4 Å². The summed E-state index contributed by atoms with van der Waals surface area (Å²) in [6.07, 6.45) is 6.99. The number of aryl methyl sites for hydroxylation is 1. The summed E-state index contributed by atoms with van der Waals surface area (Å²) in [6, 6.07) is 3.49. The van der Waals surface area contributed by atoms with Crippen LogP contribution in [0.1, 0.15) is 17.7 Å². The number of hydrogen-bond acceptors (Lipinski definition) is 6. The van der Waals surface area contributed by atoms with Crippen LogP contribution in [-0.2, 0) is 11.2 Å². The van der Waals surface area contributed by atoms with Crippen LogP contribution in [0.25, 0.3) is 5.65 Å². The standard InChI is InChI=1S/C21H24FN7O.CH2O2/c1-13-10-28-12-15(9-17(22)20(28)25-13)26-21(30)29-8-5-16-18(3-6-24-19(16)29)27-7-4-14(11-27)23-2;2-1-3/h3,6,9-10,12,14,23H,4-5,7-8,11H2,1-2H3,(H,26,30);1H,(H,2,3)/t14-;/m0./s1. The van der Waals surface area contributed by atoms with Crippen LogP contribution in [-0.4, -0.2) is 64.7 Å². The van der Waals surface area contributed by atoms with Gasteiger partial charge in [0.15, 0.2) is 11.5 Å². The Morgan fingerprint density at radius 1 is 1.33 bits per heavy atom. The Morgan fingerprint density at radius 2 is 2.12 bits per heavy atom. The number of anilines is 3. The normalized spacial score (nSPS) is 17.0. The minimum Gasteiger partial charge on any atom is -0.483 e. The topological polar surface area (TPSA) is 115 Å². The number of carbonyl (C=O) groups is 2. The summed E-state index contributed by atoms with van der Waals surface area (Å²) in [7, 11) is 1.99. The molecule has 0 unspecified atom stereocenters. The Bertz CT molecular complexity index is 1180. The van der Waals surface area contributed by atoms with E-state index < -0.39 is 5.82 Å². The zero-order valence-corrected chi connectivity index (χ0v) is 18.5. The van der Waals surface area contributed by atoms with Gasteiger partial charge in [-0.1, -0.05) is 0 Å². The zero-order valence-electron chi connectivity index (χ0n) is 18.5. The number of urea groups is 1. The summed E-state index contributed by atoms with van der Waals surface area (Å²) in [6.45, 7) is 4.03. The maximum atomic E-state index is 14.3. The highest BCUT2D eigenvalue weighted by atomic mass is 19.1. The molecule has 3 N–H and O–H groups in total. The first-order valence-corrected chi connectivity index (χ1v) is 10.7. The van der Waals surface area contributed by atoms with Crippen LogP contribution in [0.2, 0.25) is 0 Å². The minimum absolute atomic E-state index is 0.244. The maximum Gasteiger partial charge on any atom is 0.327 e. The molecule has 2 amide bonds. The molecule has 0 bridgehead atoms. The summed E-state index contributed by atoms with van der Waals surface area (Å²) < 4.78 is 15.9. The molecule has 1 fully saturated rings. The van der Waals surface area contributed by atoms with Gasteiger partial charge in [-0.2, -0.15) is 0 Å². The average molecular weight is 455 g/mol. The highest BCUT2D eigenvalue weighted by molar-refractivity contribution is 6.03. The number of imidazole rings is 1. The van der Waals surface area contributed by atoms with Crippen molar-refractivity contribution in [3.63, 3.8) is 0 Å². The molecule has 33 heavy (non-hydrogen) atoms. The molecule has 5 rings (SSSR count). The number of nitrogens with zero attached hydrogens (tertiary/aromatic N) is 5. The van der Waals surface area contributed by atoms with Crippen molar-refractivity contribution in [3.8, 4) is 0 Å². The van der Waals surface area contributed by atoms with Crippen LogP contribution in [0.3, 0.4) is 0 Å². The maximum absolute atomic E-state index is 14.3. The molecular formula is C22H26FN7O3. The highest BCUT2D eigenvalue weighted by Gasteiger charge is 2.31. The lowest BCUT2D eigenvalue weighted by atomic mass is 10.2. The van der Waals surface area contributed by atoms with Crippen LogP contribution < -0.4 is 20.4 Å². The molecule has 1 saturated heterocycles. The number of rotatable bonds is 3. The summed E-state index contributed by atoms with van der Waals surface area (Å²) in [4.78, 5) is 33.9. The van der Waals surface area contributed by atoms with E-state index in [4.69, 9.17) is 9.90 Å². The first-order chi connectivity index (χ1) is 15.9. The molecule has 0 aliphatic carbocycles. The van der Waals surface area contributed by atoms with E-state index in [1.54, 1.807) is 34.8 Å². The van der Waals surface area contributed by atoms with Gasteiger partial charge in [0.1, 0.15) is 5.82 Å². The predicted molar refractivity (Wildman–Crippen MR) is 123 cm³/mol. The molecule has 0 radical (unpaired) electrons. The monoisotopic (exact) mass is 455 g/mol. The molecule has 1 atom stereocenters. The molecule has 0 aromatic carbocycles. The summed E-state index contributed by atoms with van der Waals surface area (Å²) in [5.74, 6) is 0.203. The minimum atomic E-state index is -0.476. The smallest absolute Gasteiger partial charge is 0.327 e. The van der Waals surface area contributed by atoms with Gasteiger partial charge in [-0.3, -0.25) is 9.69 Å². The van der Waals surface area contributed by atoms with E-state index in [9.17, 15) is 9.18 Å². The number of likely N-dealkylation sites (N-methyl/N-ethyl adjacent to an activating group) is 1. The van der Waals surface area contributed by atoms with E-state index >= 15 is 0 Å². The number of nitrogens with one attached hydrogen (secondary N) is 2. The van der Waals surface area contributed by atoms with Crippen molar-refractivity contribution in [1.29, 1.82) is 0 Å². The van der Waals surface area contributed by atoms with Crippen molar-refractivity contribution in [1.82, 2.24) is 19.7 Å². The Hall–Kier alpha value is -3.73. The lowest BCUT2D eigenvalue weighted by Crippen LogP contribution is -2.34. The Labute approximate surface area is 190 Å². The molecule has 10 nitrogen and oxygen atoms in total. The molecule has 174 valence electrons. The molecule has 2 aliphatic heterocycles. The predicted octanol–water partition coefficient (Wildman–Crippen LogP) is 2.27. The van der Waals surface area contributed by atoms with Crippen molar-refractivity contribution in [2.75, 3.05) is 41.8 Å². The van der Waals surface area contributed by atoms with Gasteiger partial charge in [0.05, 0.1) is 11.4 Å². The van der Waals surface area contributed by atoms with Crippen LogP contribution in [0.15, 0.2) is 30.7 Å². The Kier molecular flexibility index (Phi) is 6.40. The van der Waals surface area contributed by atoms with Gasteiger partial charge < -0.3 is 25.0 Å². The number of carboxylic acid groups (broad SMARTS) is 1. The van der Waals surface area contributed by atoms with Crippen molar-refractivity contribution >= 4 is 35.3 Å². The van der Waals surface area contributed by atoms with Gasteiger partial charge in [-0.15, -0.1) is 0 Å². The number of carbonyl (C=O) groups excluding carboxylic acids is 1. The third-order valence-corrected chi connectivity index (χ3v) is 5.91. The second kappa shape index (κ2) is 9.41. The second-order valence-electron chi connectivity index (χ2n) is 7.98. The number of hydrogen-bond donors (Lipinski definition) is 3. The fourth-order valence-corrected chi connectivity index (χ4v) is 4.42. The molecule has 3 aromatic heterocycles. The third kappa shape index (κ3) is 4.44. The Morgan fingerprint density at radius 3 is 2.85 bits per heavy atom. The number of fused-ring (bicyclic) bond motifs is 2. The van der Waals surface area contributed by atoms with Crippen LogP contribution >= 0.6 is 0 Å². The molecule has 3 aromatic rings. The fraction of sp³-hybridized carbons (Fsp3) is 0.364. The molecule has 0 spiro atoms. The van der Waals surface area contributed by atoms with E-state index in [0.717, 1.165) is 37.2 Å². The van der Waals surface area contributed by atoms with Crippen molar-refractivity contribution in [2.24, 2.45) is 0 Å². The van der Waals surface area contributed by atoms with Gasteiger partial charge in [-0.05, 0) is 32.9 Å². The fourth-order valence-electron chi connectivity index (χ4n) is 4.42. The van der Waals surface area contributed by atoms with Crippen molar-refractivity contribution in [2.45, 2.75) is 25.8 Å². The third-order valence-electron chi connectivity index (χ3n) is 5.91.